The zero-order chi connectivity index (χ0) is 15.8. The Morgan fingerprint density at radius 3 is 2.19 bits per heavy atom. The van der Waals surface area contributed by atoms with E-state index in [-0.39, 0.29) is 18.9 Å². The first kappa shape index (κ1) is 16.4. The normalized spacial score (nSPS) is 10.0. The van der Waals surface area contributed by atoms with Crippen LogP contribution in [0.1, 0.15) is 24.3 Å². The van der Waals surface area contributed by atoms with E-state index >= 15 is 0 Å². The maximum absolute atomic E-state index is 11.9. The molecule has 0 bridgehead atoms. The molecule has 0 radical (unpaired) electrons. The molecule has 0 aliphatic rings. The molecule has 0 spiro atoms. The molecule has 0 atom stereocenters. The Morgan fingerprint density at radius 1 is 1.14 bits per heavy atom. The zero-order valence-corrected chi connectivity index (χ0v) is 11.7. The highest BCUT2D eigenvalue weighted by Crippen LogP contribution is 1.98. The van der Waals surface area contributed by atoms with Gasteiger partial charge in [-0.2, -0.15) is 0 Å². The molecule has 1 aromatic rings. The molecule has 0 saturated heterocycles. The number of amides is 1. The zero-order valence-electron chi connectivity index (χ0n) is 11.7. The van der Waals surface area contributed by atoms with Gasteiger partial charge in [0.2, 0.25) is 11.6 Å². The van der Waals surface area contributed by atoms with Crippen molar-refractivity contribution in [2.24, 2.45) is 0 Å². The predicted molar refractivity (Wildman–Crippen MR) is 71.6 cm³/mol. The molecule has 8 heteroatoms. The van der Waals surface area contributed by atoms with Gasteiger partial charge in [-0.15, -0.1) is 0 Å². The second-order valence-corrected chi connectivity index (χ2v) is 3.84. The summed E-state index contributed by atoms with van der Waals surface area (Å²) in [6, 6.07) is 2.35. The Kier molecular flexibility index (Phi) is 6.12. The van der Waals surface area contributed by atoms with Crippen molar-refractivity contribution in [3.8, 4) is 0 Å². The van der Waals surface area contributed by atoms with Gasteiger partial charge >= 0.3 is 11.9 Å². The van der Waals surface area contributed by atoms with Crippen LogP contribution in [0.4, 0.5) is 0 Å². The molecule has 114 valence electrons. The second-order valence-electron chi connectivity index (χ2n) is 3.84. The van der Waals surface area contributed by atoms with Crippen LogP contribution in [0.5, 0.6) is 0 Å². The summed E-state index contributed by atoms with van der Waals surface area (Å²) in [6.45, 7) is 3.23. The fourth-order valence-corrected chi connectivity index (χ4v) is 1.45. The van der Waals surface area contributed by atoms with E-state index in [2.05, 4.69) is 10.3 Å². The van der Waals surface area contributed by atoms with Crippen molar-refractivity contribution in [3.63, 3.8) is 0 Å². The highest BCUT2D eigenvalue weighted by Gasteiger charge is 2.31. The minimum Gasteiger partial charge on any atom is -0.464 e. The molecule has 0 aliphatic heterocycles. The first-order chi connectivity index (χ1) is 9.99. The minimum atomic E-state index is -1.58. The number of hydrogen-bond acceptors (Lipinski definition) is 6. The smallest absolute Gasteiger partial charge is 0.340 e. The monoisotopic (exact) mass is 296 g/mol. The molecule has 0 aromatic carbocycles. The van der Waals surface area contributed by atoms with E-state index in [1.165, 1.54) is 18.2 Å². The van der Waals surface area contributed by atoms with Gasteiger partial charge in [-0.3, -0.25) is 9.59 Å². The average Bonchev–Trinajstić information content (AvgIpc) is 2.44. The summed E-state index contributed by atoms with van der Waals surface area (Å²) in [5, 5.41) is 2.17. The molecule has 2 N–H and O–H groups in total. The van der Waals surface area contributed by atoms with Gasteiger partial charge in [-0.25, -0.2) is 9.59 Å². The number of hydrogen-bond donors (Lipinski definition) is 2. The van der Waals surface area contributed by atoms with E-state index in [0.717, 1.165) is 0 Å². The van der Waals surface area contributed by atoms with Crippen LogP contribution in [0.3, 0.4) is 0 Å². The highest BCUT2D eigenvalue weighted by molar-refractivity contribution is 6.05. The predicted octanol–water partition coefficient (Wildman–Crippen LogP) is -0.400. The third-order valence-electron chi connectivity index (χ3n) is 2.33. The van der Waals surface area contributed by atoms with E-state index in [4.69, 9.17) is 9.47 Å². The van der Waals surface area contributed by atoms with Crippen LogP contribution in [-0.4, -0.2) is 42.1 Å². The lowest BCUT2D eigenvalue weighted by atomic mass is 10.2. The maximum Gasteiger partial charge on any atom is 0.340 e. The van der Waals surface area contributed by atoms with Gasteiger partial charge in [-0.1, -0.05) is 6.07 Å². The Labute approximate surface area is 120 Å². The van der Waals surface area contributed by atoms with E-state index in [0.29, 0.717) is 0 Å². The summed E-state index contributed by atoms with van der Waals surface area (Å²) in [4.78, 5) is 48.7. The SMILES string of the molecule is CCOC(=O)C(NC(=O)c1cccc(=O)[nH]1)C(=O)OCC. The molecule has 1 heterocycles. The van der Waals surface area contributed by atoms with Gasteiger partial charge in [0.1, 0.15) is 5.69 Å². The van der Waals surface area contributed by atoms with Gasteiger partial charge in [0, 0.05) is 6.07 Å². The lowest BCUT2D eigenvalue weighted by Crippen LogP contribution is -2.48. The van der Waals surface area contributed by atoms with E-state index in [1.54, 1.807) is 13.8 Å². The van der Waals surface area contributed by atoms with Crippen molar-refractivity contribution >= 4 is 17.8 Å². The van der Waals surface area contributed by atoms with Crippen molar-refractivity contribution in [2.75, 3.05) is 13.2 Å². The molecule has 0 aliphatic carbocycles. The molecule has 0 saturated carbocycles. The standard InChI is InChI=1S/C13H16N2O6/c1-3-20-12(18)10(13(19)21-4-2)15-11(17)8-6-5-7-9(16)14-8/h5-7,10H,3-4H2,1-2H3,(H,14,16)(H,15,17). The van der Waals surface area contributed by atoms with E-state index < -0.39 is 29.4 Å². The number of H-pyrrole nitrogens is 1. The first-order valence-electron chi connectivity index (χ1n) is 6.33. The quantitative estimate of drug-likeness (QED) is 0.545. The largest absolute Gasteiger partial charge is 0.464 e. The molecule has 1 rings (SSSR count). The van der Waals surface area contributed by atoms with Crippen molar-refractivity contribution in [3.05, 3.63) is 34.2 Å². The minimum absolute atomic E-state index is 0.0484. The number of aromatic nitrogens is 1. The van der Waals surface area contributed by atoms with Crippen LogP contribution >= 0.6 is 0 Å². The summed E-state index contributed by atoms with van der Waals surface area (Å²) < 4.78 is 9.41. The van der Waals surface area contributed by atoms with Crippen LogP contribution in [0.2, 0.25) is 0 Å². The summed E-state index contributed by atoms with van der Waals surface area (Å²) in [6.07, 6.45) is 0. The average molecular weight is 296 g/mol. The summed E-state index contributed by atoms with van der Waals surface area (Å²) in [5.74, 6) is -2.65. The maximum atomic E-state index is 11.9. The van der Waals surface area contributed by atoms with Gasteiger partial charge in [0.15, 0.2) is 0 Å². The van der Waals surface area contributed by atoms with Crippen LogP contribution in [0.25, 0.3) is 0 Å². The van der Waals surface area contributed by atoms with Gasteiger partial charge in [-0.05, 0) is 19.9 Å². The van der Waals surface area contributed by atoms with Crippen molar-refractivity contribution in [1.82, 2.24) is 10.3 Å². The Hall–Kier alpha value is -2.64. The first-order valence-corrected chi connectivity index (χ1v) is 6.33. The van der Waals surface area contributed by atoms with Gasteiger partial charge in [0.25, 0.3) is 5.91 Å². The third kappa shape index (κ3) is 4.75. The number of rotatable bonds is 6. The fourth-order valence-electron chi connectivity index (χ4n) is 1.45. The number of carbonyl (C=O) groups excluding carboxylic acids is 3. The highest BCUT2D eigenvalue weighted by atomic mass is 16.6. The molecule has 1 amide bonds. The van der Waals surface area contributed by atoms with Gasteiger partial charge in [0.05, 0.1) is 13.2 Å². The summed E-state index contributed by atoms with van der Waals surface area (Å²) >= 11 is 0. The topological polar surface area (TPSA) is 115 Å². The van der Waals surface area contributed by atoms with Crippen LogP contribution < -0.4 is 10.9 Å². The Morgan fingerprint density at radius 2 is 1.71 bits per heavy atom. The fraction of sp³-hybridized carbons (Fsp3) is 0.385. The molecule has 8 nitrogen and oxygen atoms in total. The molecular formula is C13H16N2O6. The van der Waals surface area contributed by atoms with E-state index in [1.807, 2.05) is 0 Å². The lowest BCUT2D eigenvalue weighted by molar-refractivity contribution is -0.157. The van der Waals surface area contributed by atoms with Gasteiger partial charge < -0.3 is 19.8 Å². The summed E-state index contributed by atoms with van der Waals surface area (Å²) in [5.41, 5.74) is -0.562. The molecule has 0 fully saturated rings. The second kappa shape index (κ2) is 7.83. The van der Waals surface area contributed by atoms with E-state index in [9.17, 15) is 19.2 Å². The number of esters is 2. The Balaban J connectivity index is 2.89. The van der Waals surface area contributed by atoms with Crippen LogP contribution in [0.15, 0.2) is 23.0 Å². The molecule has 1 aromatic heterocycles. The third-order valence-corrected chi connectivity index (χ3v) is 2.33. The van der Waals surface area contributed by atoms with Crippen LogP contribution in [0, 0.1) is 0 Å². The van der Waals surface area contributed by atoms with Crippen molar-refractivity contribution in [1.29, 1.82) is 0 Å². The number of pyridine rings is 1. The lowest BCUT2D eigenvalue weighted by Gasteiger charge is -2.15. The number of aromatic amines is 1. The molecule has 21 heavy (non-hydrogen) atoms. The molecular weight excluding hydrogens is 280 g/mol. The van der Waals surface area contributed by atoms with Crippen molar-refractivity contribution < 1.29 is 23.9 Å². The molecule has 0 unspecified atom stereocenters. The van der Waals surface area contributed by atoms with Crippen molar-refractivity contribution in [2.45, 2.75) is 19.9 Å². The Bertz CT molecular complexity index is 562. The summed E-state index contributed by atoms with van der Waals surface area (Å²) in [7, 11) is 0. The van der Waals surface area contributed by atoms with Crippen LogP contribution in [-0.2, 0) is 19.1 Å². The number of nitrogens with one attached hydrogen (secondary N) is 2. The number of carbonyl (C=O) groups is 3. The number of ether oxygens (including phenoxy) is 2.